The number of hydrogen-bond donors (Lipinski definition) is 1. The Labute approximate surface area is 136 Å². The van der Waals surface area contributed by atoms with Crippen molar-refractivity contribution in [2.75, 3.05) is 0 Å². The van der Waals surface area contributed by atoms with E-state index in [2.05, 4.69) is 4.98 Å². The highest BCUT2D eigenvalue weighted by Crippen LogP contribution is 2.29. The van der Waals surface area contributed by atoms with Crippen LogP contribution in [0.4, 0.5) is 0 Å². The molecule has 5 heteroatoms. The summed E-state index contributed by atoms with van der Waals surface area (Å²) in [5.41, 5.74) is 2.53. The average molecular weight is 315 g/mol. The molecule has 2 heterocycles. The van der Waals surface area contributed by atoms with Crippen LogP contribution in [0, 0.1) is 12.8 Å². The molecule has 3 rings (SSSR count). The van der Waals surface area contributed by atoms with Crippen LogP contribution in [0.25, 0.3) is 11.2 Å². The zero-order valence-corrected chi connectivity index (χ0v) is 14.0. The van der Waals surface area contributed by atoms with Gasteiger partial charge in [-0.05, 0) is 37.8 Å². The lowest BCUT2D eigenvalue weighted by atomic mass is 9.86. The molecule has 0 saturated heterocycles. The van der Waals surface area contributed by atoms with Crippen LogP contribution in [0.5, 0.6) is 0 Å². The summed E-state index contributed by atoms with van der Waals surface area (Å²) in [6.45, 7) is 3.68. The summed E-state index contributed by atoms with van der Waals surface area (Å²) in [5.74, 6) is 0.774. The third-order valence-corrected chi connectivity index (χ3v) is 4.99. The Bertz CT molecular complexity index is 702. The molecule has 1 aliphatic rings. The van der Waals surface area contributed by atoms with E-state index in [0.29, 0.717) is 5.65 Å². The number of fused-ring (bicyclic) bond motifs is 1. The molecule has 1 aliphatic carbocycles. The summed E-state index contributed by atoms with van der Waals surface area (Å²) < 4.78 is 1.81. The highest BCUT2D eigenvalue weighted by molar-refractivity contribution is 5.77. The van der Waals surface area contributed by atoms with Crippen LogP contribution in [0.15, 0.2) is 12.3 Å². The molecule has 0 amide bonds. The Kier molecular flexibility index (Phi) is 4.64. The summed E-state index contributed by atoms with van der Waals surface area (Å²) in [7, 11) is 0. The van der Waals surface area contributed by atoms with E-state index in [4.69, 9.17) is 4.98 Å². The number of nitrogens with zero attached hydrogens (tertiary/aromatic N) is 3. The van der Waals surface area contributed by atoms with Crippen LogP contribution in [-0.4, -0.2) is 25.6 Å². The quantitative estimate of drug-likeness (QED) is 0.908. The van der Waals surface area contributed by atoms with Crippen LogP contribution in [0.2, 0.25) is 0 Å². The van der Waals surface area contributed by atoms with E-state index in [-0.39, 0.29) is 0 Å². The molecule has 1 atom stereocenters. The fraction of sp³-hybridized carbons (Fsp3) is 0.611. The van der Waals surface area contributed by atoms with Crippen molar-refractivity contribution in [1.82, 2.24) is 14.5 Å². The van der Waals surface area contributed by atoms with E-state index < -0.39 is 12.0 Å². The molecular weight excluding hydrogens is 290 g/mol. The topological polar surface area (TPSA) is 68.0 Å². The molecule has 1 saturated carbocycles. The predicted octanol–water partition coefficient (Wildman–Crippen LogP) is 3.90. The Hall–Kier alpha value is -1.91. The zero-order valence-electron chi connectivity index (χ0n) is 14.0. The Morgan fingerprint density at radius 2 is 2.13 bits per heavy atom. The molecule has 0 aromatic carbocycles. The maximum absolute atomic E-state index is 11.5. The molecule has 0 radical (unpaired) electrons. The second-order valence-electron chi connectivity index (χ2n) is 6.81. The largest absolute Gasteiger partial charge is 0.480 e. The van der Waals surface area contributed by atoms with Gasteiger partial charge in [-0.15, -0.1) is 0 Å². The van der Waals surface area contributed by atoms with Crippen LogP contribution in [0.3, 0.4) is 0 Å². The summed E-state index contributed by atoms with van der Waals surface area (Å²) in [5, 5.41) is 9.43. The molecule has 0 bridgehead atoms. The summed E-state index contributed by atoms with van der Waals surface area (Å²) in [6, 6.07) is 1.34. The van der Waals surface area contributed by atoms with E-state index in [1.54, 1.807) is 17.7 Å². The van der Waals surface area contributed by atoms with Gasteiger partial charge in [0.05, 0.1) is 0 Å². The van der Waals surface area contributed by atoms with E-state index in [0.717, 1.165) is 35.7 Å². The van der Waals surface area contributed by atoms with Crippen molar-refractivity contribution in [1.29, 1.82) is 0 Å². The summed E-state index contributed by atoms with van der Waals surface area (Å²) in [6.07, 6.45) is 10.3. The minimum absolute atomic E-state index is 0.642. The fourth-order valence-corrected chi connectivity index (χ4v) is 3.63. The number of aryl methyl sites for hydroxylation is 2. The van der Waals surface area contributed by atoms with Crippen molar-refractivity contribution in [3.8, 4) is 0 Å². The standard InChI is InChI=1S/C18H25N3O2/c1-12-10-15-17(19-11-12)21(13(2)18(22)23)16(20-15)9-8-14-6-4-3-5-7-14/h10-11,13-14H,3-9H2,1-2H3,(H,22,23). The number of pyridine rings is 1. The Morgan fingerprint density at radius 3 is 2.83 bits per heavy atom. The number of rotatable bonds is 5. The first kappa shape index (κ1) is 16.0. The van der Waals surface area contributed by atoms with Gasteiger partial charge in [0.2, 0.25) is 0 Å². The van der Waals surface area contributed by atoms with Crippen LogP contribution in [0.1, 0.15) is 62.9 Å². The minimum atomic E-state index is -0.842. The number of carbonyl (C=O) groups is 1. The first-order chi connectivity index (χ1) is 11.1. The van der Waals surface area contributed by atoms with Crippen LogP contribution >= 0.6 is 0 Å². The van der Waals surface area contributed by atoms with Crippen LogP contribution in [-0.2, 0) is 11.2 Å². The van der Waals surface area contributed by atoms with Gasteiger partial charge in [0.1, 0.15) is 17.4 Å². The average Bonchev–Trinajstić information content (AvgIpc) is 2.90. The smallest absolute Gasteiger partial charge is 0.326 e. The Morgan fingerprint density at radius 1 is 1.39 bits per heavy atom. The van der Waals surface area contributed by atoms with Crippen molar-refractivity contribution < 1.29 is 9.90 Å². The van der Waals surface area contributed by atoms with Gasteiger partial charge in [-0.25, -0.2) is 14.8 Å². The van der Waals surface area contributed by atoms with Gasteiger partial charge >= 0.3 is 5.97 Å². The third-order valence-electron chi connectivity index (χ3n) is 4.99. The van der Waals surface area contributed by atoms with Gasteiger partial charge in [0.15, 0.2) is 5.65 Å². The van der Waals surface area contributed by atoms with Gasteiger partial charge in [0.25, 0.3) is 0 Å². The molecule has 1 unspecified atom stereocenters. The van der Waals surface area contributed by atoms with Crippen molar-refractivity contribution in [2.24, 2.45) is 5.92 Å². The molecule has 1 fully saturated rings. The second-order valence-corrected chi connectivity index (χ2v) is 6.81. The predicted molar refractivity (Wildman–Crippen MR) is 89.5 cm³/mol. The number of hydrogen-bond acceptors (Lipinski definition) is 3. The first-order valence-electron chi connectivity index (χ1n) is 8.62. The summed E-state index contributed by atoms with van der Waals surface area (Å²) in [4.78, 5) is 20.6. The fourth-order valence-electron chi connectivity index (χ4n) is 3.63. The van der Waals surface area contributed by atoms with Gasteiger partial charge in [-0.3, -0.25) is 4.57 Å². The molecule has 124 valence electrons. The van der Waals surface area contributed by atoms with Gasteiger partial charge in [-0.1, -0.05) is 32.1 Å². The monoisotopic (exact) mass is 315 g/mol. The highest BCUT2D eigenvalue weighted by Gasteiger charge is 2.23. The molecule has 0 spiro atoms. The lowest BCUT2D eigenvalue weighted by Gasteiger charge is -2.21. The van der Waals surface area contributed by atoms with Crippen LogP contribution < -0.4 is 0 Å². The summed E-state index contributed by atoms with van der Waals surface area (Å²) >= 11 is 0. The number of aromatic nitrogens is 3. The van der Waals surface area contributed by atoms with E-state index in [1.807, 2.05) is 13.0 Å². The molecule has 2 aromatic rings. The van der Waals surface area contributed by atoms with Crippen molar-refractivity contribution in [2.45, 2.75) is 64.8 Å². The van der Waals surface area contributed by atoms with E-state index in [1.165, 1.54) is 32.1 Å². The minimum Gasteiger partial charge on any atom is -0.480 e. The third kappa shape index (κ3) is 3.38. The number of imidazole rings is 1. The van der Waals surface area contributed by atoms with E-state index in [9.17, 15) is 9.90 Å². The SMILES string of the molecule is Cc1cnc2c(c1)nc(CCC1CCCCC1)n2C(C)C(=O)O. The Balaban J connectivity index is 1.90. The number of aliphatic carboxylic acids is 1. The first-order valence-corrected chi connectivity index (χ1v) is 8.62. The molecule has 5 nitrogen and oxygen atoms in total. The molecule has 2 aromatic heterocycles. The normalized spacial score (nSPS) is 17.5. The van der Waals surface area contributed by atoms with Gasteiger partial charge in [-0.2, -0.15) is 0 Å². The maximum atomic E-state index is 11.5. The number of carboxylic acid groups (broad SMARTS) is 1. The maximum Gasteiger partial charge on any atom is 0.326 e. The van der Waals surface area contributed by atoms with Gasteiger partial charge < -0.3 is 5.11 Å². The van der Waals surface area contributed by atoms with Crippen molar-refractivity contribution in [3.05, 3.63) is 23.7 Å². The number of carboxylic acids is 1. The molecular formula is C18H25N3O2. The lowest BCUT2D eigenvalue weighted by Crippen LogP contribution is -2.19. The highest BCUT2D eigenvalue weighted by atomic mass is 16.4. The van der Waals surface area contributed by atoms with E-state index >= 15 is 0 Å². The molecule has 23 heavy (non-hydrogen) atoms. The lowest BCUT2D eigenvalue weighted by molar-refractivity contribution is -0.140. The van der Waals surface area contributed by atoms with Crippen molar-refractivity contribution in [3.63, 3.8) is 0 Å². The molecule has 0 aliphatic heterocycles. The second kappa shape index (κ2) is 6.69. The van der Waals surface area contributed by atoms with Gasteiger partial charge in [0, 0.05) is 12.6 Å². The zero-order chi connectivity index (χ0) is 16.4. The molecule has 1 N–H and O–H groups in total. The van der Waals surface area contributed by atoms with Crippen molar-refractivity contribution >= 4 is 17.1 Å².